The van der Waals surface area contributed by atoms with Crippen molar-refractivity contribution in [1.29, 1.82) is 0 Å². The van der Waals surface area contributed by atoms with Crippen LogP contribution in [-0.2, 0) is 33.5 Å². The lowest BCUT2D eigenvalue weighted by molar-refractivity contribution is -0.870. The Morgan fingerprint density at radius 3 is 1.88 bits per heavy atom. The summed E-state index contributed by atoms with van der Waals surface area (Å²) in [5, 5.41) is 0. The van der Waals surface area contributed by atoms with Crippen LogP contribution in [0.5, 0.6) is 5.75 Å². The first kappa shape index (κ1) is 48.5. The molecule has 11 heteroatoms. The van der Waals surface area contributed by atoms with E-state index in [-0.39, 0.29) is 19.6 Å². The summed E-state index contributed by atoms with van der Waals surface area (Å²) < 4.78 is 43.1. The molecule has 0 aliphatic carbocycles. The van der Waals surface area contributed by atoms with Gasteiger partial charge in [-0.1, -0.05) is 137 Å². The Kier molecular flexibility index (Phi) is 22.4. The molecule has 316 valence electrons. The number of phosphoric acid groups is 1. The highest BCUT2D eigenvalue weighted by molar-refractivity contribution is 9.10. The number of esters is 1. The molecule has 2 atom stereocenters. The second-order valence-electron chi connectivity index (χ2n) is 15.6. The predicted molar refractivity (Wildman–Crippen MR) is 231 cm³/mol. The van der Waals surface area contributed by atoms with Gasteiger partial charge in [-0.2, -0.15) is 0 Å². The molecule has 57 heavy (non-hydrogen) atoms. The molecule has 0 fully saturated rings. The molecule has 0 aliphatic rings. The largest absolute Gasteiger partial charge is 0.756 e. The maximum Gasteiger partial charge on any atom is 0.306 e. The Bertz CT molecular complexity index is 1590. The van der Waals surface area contributed by atoms with E-state index < -0.39 is 32.1 Å². The monoisotopic (exact) mass is 871 g/mol. The summed E-state index contributed by atoms with van der Waals surface area (Å²) in [6.45, 7) is 2.03. The lowest BCUT2D eigenvalue weighted by Gasteiger charge is -2.37. The van der Waals surface area contributed by atoms with Crippen molar-refractivity contribution in [3.63, 3.8) is 0 Å². The Morgan fingerprint density at radius 1 is 0.772 bits per heavy atom. The van der Waals surface area contributed by atoms with Crippen molar-refractivity contribution in [2.45, 2.75) is 109 Å². The molecule has 9 nitrogen and oxygen atoms in total. The minimum absolute atomic E-state index is 0.0435. The maximum absolute atomic E-state index is 13.3. The van der Waals surface area contributed by atoms with E-state index in [1.54, 1.807) is 7.11 Å². The highest BCUT2D eigenvalue weighted by Crippen LogP contribution is 2.43. The second-order valence-corrected chi connectivity index (χ2v) is 17.9. The third kappa shape index (κ3) is 18.3. The number of methoxy groups -OCH3 is 1. The van der Waals surface area contributed by atoms with Crippen LogP contribution in [0.1, 0.15) is 114 Å². The van der Waals surface area contributed by atoms with Gasteiger partial charge < -0.3 is 32.6 Å². The first-order valence-electron chi connectivity index (χ1n) is 20.7. The van der Waals surface area contributed by atoms with Crippen LogP contribution in [0.15, 0.2) is 95.5 Å². The van der Waals surface area contributed by atoms with Gasteiger partial charge in [-0.05, 0) is 76.9 Å². The number of nitrogens with zero attached hydrogens (tertiary/aromatic N) is 1. The molecule has 0 amide bonds. The van der Waals surface area contributed by atoms with Crippen LogP contribution >= 0.6 is 23.8 Å². The zero-order chi connectivity index (χ0) is 41.4. The van der Waals surface area contributed by atoms with Gasteiger partial charge in [-0.3, -0.25) is 9.36 Å². The van der Waals surface area contributed by atoms with Gasteiger partial charge in [0.05, 0.1) is 45.9 Å². The first-order chi connectivity index (χ1) is 27.4. The highest BCUT2D eigenvalue weighted by atomic mass is 79.9. The van der Waals surface area contributed by atoms with E-state index in [2.05, 4.69) is 35.0 Å². The van der Waals surface area contributed by atoms with Gasteiger partial charge in [0.1, 0.15) is 30.6 Å². The number of carbonyl (C=O) groups is 1. The zero-order valence-electron chi connectivity index (χ0n) is 35.0. The summed E-state index contributed by atoms with van der Waals surface area (Å²) in [7, 11) is 2.71. The van der Waals surface area contributed by atoms with Crippen molar-refractivity contribution in [2.75, 3.05) is 54.6 Å². The van der Waals surface area contributed by atoms with Gasteiger partial charge >= 0.3 is 5.97 Å². The maximum atomic E-state index is 13.3. The number of likely N-dealkylation sites (N-methyl/N-ethyl adjacent to an activating group) is 1. The van der Waals surface area contributed by atoms with Crippen LogP contribution in [0, 0.1) is 0 Å². The van der Waals surface area contributed by atoms with Crippen molar-refractivity contribution >= 4 is 29.7 Å². The first-order valence-corrected chi connectivity index (χ1v) is 23.0. The number of ether oxygens (including phenoxy) is 3. The molecule has 0 spiro atoms. The lowest BCUT2D eigenvalue weighted by Crippen LogP contribution is -2.39. The normalized spacial score (nSPS) is 13.7. The van der Waals surface area contributed by atoms with Crippen LogP contribution in [0.25, 0.3) is 0 Å². The van der Waals surface area contributed by atoms with E-state index in [9.17, 15) is 14.3 Å². The molecule has 0 saturated carbocycles. The summed E-state index contributed by atoms with van der Waals surface area (Å²) in [6, 6.07) is 25.2. The Hall–Kier alpha value is -2.82. The third-order valence-corrected chi connectivity index (χ3v) is 11.4. The molecule has 1 unspecified atom stereocenters. The molecular weight excluding hydrogens is 805 g/mol. The van der Waals surface area contributed by atoms with Crippen molar-refractivity contribution < 1.29 is 42.0 Å². The second kappa shape index (κ2) is 26.3. The molecule has 3 rings (SSSR count). The molecule has 0 radical (unpaired) electrons. The van der Waals surface area contributed by atoms with Gasteiger partial charge in [0.15, 0.2) is 0 Å². The van der Waals surface area contributed by atoms with Crippen LogP contribution in [-0.4, -0.2) is 71.2 Å². The Labute approximate surface area is 351 Å². The molecular formula is C46H67BrNO8P. The Morgan fingerprint density at radius 2 is 1.33 bits per heavy atom. The lowest BCUT2D eigenvalue weighted by atomic mass is 9.80. The predicted octanol–water partition coefficient (Wildman–Crippen LogP) is 10.9. The minimum atomic E-state index is -4.72. The number of rotatable bonds is 30. The van der Waals surface area contributed by atoms with Crippen molar-refractivity contribution in [1.82, 2.24) is 0 Å². The number of carbonyl (C=O) groups excluding carboxylic acids is 1. The number of unbranched alkanes of at least 4 members (excludes halogenated alkanes) is 11. The van der Waals surface area contributed by atoms with Crippen LogP contribution < -0.4 is 9.63 Å². The summed E-state index contributed by atoms with van der Waals surface area (Å²) in [4.78, 5) is 26.2. The molecule has 0 aliphatic heterocycles. The van der Waals surface area contributed by atoms with Gasteiger partial charge in [-0.25, -0.2) is 0 Å². The number of benzene rings is 3. The average molecular weight is 873 g/mol. The van der Waals surface area contributed by atoms with E-state index in [1.165, 1.54) is 44.9 Å². The Balaban J connectivity index is 1.70. The SMILES string of the molecule is CCCCCCCC/C=C\CCCCCCCC(=O)O[C@H](COC(c1ccccc1)(c1ccccc1)c1ccc(OC)c(Br)c1)COP(=O)([O-])OCC[N+](C)(C)C. The van der Waals surface area contributed by atoms with Gasteiger partial charge in [0.25, 0.3) is 7.82 Å². The topological polar surface area (TPSA) is 103 Å². The van der Waals surface area contributed by atoms with E-state index in [0.717, 1.165) is 53.3 Å². The number of halogens is 1. The van der Waals surface area contributed by atoms with Gasteiger partial charge in [-0.15, -0.1) is 0 Å². The van der Waals surface area contributed by atoms with E-state index in [1.807, 2.05) is 100 Å². The zero-order valence-corrected chi connectivity index (χ0v) is 37.5. The summed E-state index contributed by atoms with van der Waals surface area (Å²) >= 11 is 3.65. The summed E-state index contributed by atoms with van der Waals surface area (Å²) in [5.74, 6) is 0.217. The number of hydrogen-bond donors (Lipinski definition) is 0. The number of hydrogen-bond acceptors (Lipinski definition) is 8. The summed E-state index contributed by atoms with van der Waals surface area (Å²) in [6.07, 6.45) is 18.8. The molecule has 0 bridgehead atoms. The quantitative estimate of drug-likeness (QED) is 0.0163. The van der Waals surface area contributed by atoms with E-state index in [4.69, 9.17) is 23.3 Å². The minimum Gasteiger partial charge on any atom is -0.756 e. The third-order valence-electron chi connectivity index (χ3n) is 9.78. The fraction of sp³-hybridized carbons (Fsp3) is 0.543. The van der Waals surface area contributed by atoms with Gasteiger partial charge in [0, 0.05) is 6.42 Å². The average Bonchev–Trinajstić information content (AvgIpc) is 3.19. The number of quaternary nitrogens is 1. The smallest absolute Gasteiger partial charge is 0.306 e. The number of allylic oxidation sites excluding steroid dienone is 2. The molecule has 3 aromatic carbocycles. The van der Waals surface area contributed by atoms with Crippen molar-refractivity contribution in [2.24, 2.45) is 0 Å². The molecule has 0 heterocycles. The van der Waals surface area contributed by atoms with Crippen LogP contribution in [0.2, 0.25) is 0 Å². The molecule has 0 N–H and O–H groups in total. The summed E-state index contributed by atoms with van der Waals surface area (Å²) in [5.41, 5.74) is 1.25. The highest BCUT2D eigenvalue weighted by Gasteiger charge is 2.39. The molecule has 3 aromatic rings. The standard InChI is InChI=1S/C46H67BrNO8P/c1-6-7-8-9-10-11-12-13-14-15-16-17-18-19-26-31-45(49)56-42(38-55-57(50,51)54-35-34-48(2,3)4)37-53-46(39-27-22-20-23-28-39,40-29-24-21-25-30-40)41-32-33-44(52-5)43(47)36-41/h13-14,20-25,27-30,32-33,36,42H,6-12,15-19,26,31,34-35,37-38H2,1-5H3/b14-13-/t42-/m1/s1. The van der Waals surface area contributed by atoms with E-state index >= 15 is 0 Å². The fourth-order valence-electron chi connectivity index (χ4n) is 6.54. The van der Waals surface area contributed by atoms with Crippen LogP contribution in [0.3, 0.4) is 0 Å². The van der Waals surface area contributed by atoms with Crippen molar-refractivity contribution in [3.8, 4) is 5.75 Å². The van der Waals surface area contributed by atoms with Gasteiger partial charge in [0.2, 0.25) is 0 Å². The molecule has 0 aromatic heterocycles. The fourth-order valence-corrected chi connectivity index (χ4v) is 7.81. The number of phosphoric ester groups is 1. The van der Waals surface area contributed by atoms with Crippen molar-refractivity contribution in [3.05, 3.63) is 112 Å². The van der Waals surface area contributed by atoms with Crippen LogP contribution in [0.4, 0.5) is 0 Å². The molecule has 0 saturated heterocycles. The van der Waals surface area contributed by atoms with E-state index in [0.29, 0.717) is 23.2 Å².